The lowest BCUT2D eigenvalue weighted by molar-refractivity contribution is 0.180. The first-order valence-corrected chi connectivity index (χ1v) is 9.02. The van der Waals surface area contributed by atoms with E-state index < -0.39 is 0 Å². The summed E-state index contributed by atoms with van der Waals surface area (Å²) in [6.45, 7) is 3.93. The number of aromatic nitrogens is 2. The van der Waals surface area contributed by atoms with Gasteiger partial charge in [0.25, 0.3) is 0 Å². The molecular formula is C19H30FIN6O. The molecule has 1 aromatic heterocycles. The minimum Gasteiger partial charge on any atom is -0.385 e. The van der Waals surface area contributed by atoms with Crippen LogP contribution in [0.25, 0.3) is 5.69 Å². The smallest absolute Gasteiger partial charge is 0.191 e. The minimum atomic E-state index is -0.284. The van der Waals surface area contributed by atoms with Gasteiger partial charge in [0, 0.05) is 59.3 Å². The second kappa shape index (κ2) is 13.5. The van der Waals surface area contributed by atoms with Gasteiger partial charge in [-0.15, -0.1) is 24.0 Å². The Morgan fingerprint density at radius 3 is 2.79 bits per heavy atom. The van der Waals surface area contributed by atoms with E-state index in [1.807, 2.05) is 6.07 Å². The van der Waals surface area contributed by atoms with Crippen molar-refractivity contribution in [3.63, 3.8) is 0 Å². The van der Waals surface area contributed by atoms with Gasteiger partial charge in [-0.25, -0.2) is 9.37 Å². The molecule has 0 amide bonds. The highest BCUT2D eigenvalue weighted by Gasteiger charge is 2.06. The first kappa shape index (κ1) is 24.3. The maximum Gasteiger partial charge on any atom is 0.191 e. The average molecular weight is 504 g/mol. The van der Waals surface area contributed by atoms with Gasteiger partial charge in [0.15, 0.2) is 5.96 Å². The van der Waals surface area contributed by atoms with Gasteiger partial charge in [0.1, 0.15) is 5.82 Å². The Morgan fingerprint density at radius 1 is 1.32 bits per heavy atom. The summed E-state index contributed by atoms with van der Waals surface area (Å²) in [6.07, 6.45) is 5.93. The Kier molecular flexibility index (Phi) is 11.7. The van der Waals surface area contributed by atoms with Gasteiger partial charge in [-0.05, 0) is 31.2 Å². The van der Waals surface area contributed by atoms with Crippen molar-refractivity contribution in [2.24, 2.45) is 4.99 Å². The summed E-state index contributed by atoms with van der Waals surface area (Å²) in [5.74, 6) is 0.410. The number of methoxy groups -OCH3 is 1. The Labute approximate surface area is 183 Å². The third-order valence-corrected chi connectivity index (χ3v) is 4.15. The number of imidazole rings is 1. The molecule has 28 heavy (non-hydrogen) atoms. The molecule has 156 valence electrons. The molecule has 0 aliphatic heterocycles. The maximum atomic E-state index is 14.3. The Bertz CT molecular complexity index is 710. The van der Waals surface area contributed by atoms with Crippen LogP contribution >= 0.6 is 24.0 Å². The van der Waals surface area contributed by atoms with Crippen LogP contribution in [-0.2, 0) is 11.3 Å². The lowest BCUT2D eigenvalue weighted by Gasteiger charge is -2.18. The summed E-state index contributed by atoms with van der Waals surface area (Å²) in [5.41, 5.74) is 1.33. The van der Waals surface area contributed by atoms with Crippen molar-refractivity contribution in [2.45, 2.75) is 13.0 Å². The molecule has 0 aliphatic rings. The van der Waals surface area contributed by atoms with E-state index in [2.05, 4.69) is 32.6 Å². The van der Waals surface area contributed by atoms with Gasteiger partial charge in [-0.3, -0.25) is 4.99 Å². The number of halogens is 2. The number of aliphatic imine (C=N–C) groups is 1. The van der Waals surface area contributed by atoms with Crippen LogP contribution in [0.15, 0.2) is 41.9 Å². The summed E-state index contributed by atoms with van der Waals surface area (Å²) < 4.78 is 21.0. The predicted octanol–water partition coefficient (Wildman–Crippen LogP) is 2.26. The van der Waals surface area contributed by atoms with Crippen molar-refractivity contribution < 1.29 is 9.13 Å². The zero-order valence-electron chi connectivity index (χ0n) is 16.7. The van der Waals surface area contributed by atoms with Crippen molar-refractivity contribution in [1.29, 1.82) is 0 Å². The van der Waals surface area contributed by atoms with E-state index in [1.54, 1.807) is 43.5 Å². The summed E-state index contributed by atoms with van der Waals surface area (Å²) >= 11 is 0. The second-order valence-electron chi connectivity index (χ2n) is 6.26. The van der Waals surface area contributed by atoms with Crippen LogP contribution < -0.4 is 10.6 Å². The molecule has 2 rings (SSSR count). The summed E-state index contributed by atoms with van der Waals surface area (Å²) in [7, 11) is 5.52. The van der Waals surface area contributed by atoms with Crippen molar-refractivity contribution in [1.82, 2.24) is 25.1 Å². The van der Waals surface area contributed by atoms with E-state index in [4.69, 9.17) is 4.74 Å². The average Bonchev–Trinajstić information content (AvgIpc) is 3.19. The SMILES string of the molecule is CN=C(NCCN(C)CCCOC)NCc1ccc(-n2ccnc2)c(F)c1.I. The highest BCUT2D eigenvalue weighted by atomic mass is 127. The van der Waals surface area contributed by atoms with Crippen molar-refractivity contribution >= 4 is 29.9 Å². The Balaban J connectivity index is 0.00000392. The number of hydrogen-bond acceptors (Lipinski definition) is 4. The summed E-state index contributed by atoms with van der Waals surface area (Å²) in [6, 6.07) is 5.17. The number of benzene rings is 1. The molecule has 2 aromatic rings. The predicted molar refractivity (Wildman–Crippen MR) is 121 cm³/mol. The molecule has 0 fully saturated rings. The van der Waals surface area contributed by atoms with E-state index in [1.165, 1.54) is 6.07 Å². The van der Waals surface area contributed by atoms with Crippen molar-refractivity contribution in [3.05, 3.63) is 48.3 Å². The summed E-state index contributed by atoms with van der Waals surface area (Å²) in [5, 5.41) is 6.48. The molecule has 2 N–H and O–H groups in total. The number of nitrogens with zero attached hydrogens (tertiary/aromatic N) is 4. The third kappa shape index (κ3) is 8.11. The Morgan fingerprint density at radius 2 is 2.14 bits per heavy atom. The largest absolute Gasteiger partial charge is 0.385 e. The highest BCUT2D eigenvalue weighted by molar-refractivity contribution is 14.0. The molecule has 0 atom stereocenters. The minimum absolute atomic E-state index is 0. The van der Waals surface area contributed by atoms with Crippen molar-refractivity contribution in [3.8, 4) is 5.69 Å². The summed E-state index contributed by atoms with van der Waals surface area (Å²) in [4.78, 5) is 10.4. The molecular weight excluding hydrogens is 474 g/mol. The number of likely N-dealkylation sites (N-methyl/N-ethyl adjacent to an activating group) is 1. The number of nitrogens with one attached hydrogen (secondary N) is 2. The number of guanidine groups is 1. The van der Waals surface area contributed by atoms with Crippen LogP contribution in [-0.4, -0.2) is 67.9 Å². The topological polar surface area (TPSA) is 66.7 Å². The molecule has 0 aliphatic carbocycles. The van der Waals surface area contributed by atoms with Crippen LogP contribution in [0.3, 0.4) is 0 Å². The van der Waals surface area contributed by atoms with Gasteiger partial charge in [0.05, 0.1) is 12.0 Å². The molecule has 0 spiro atoms. The molecule has 7 nitrogen and oxygen atoms in total. The van der Waals surface area contributed by atoms with Crippen molar-refractivity contribution in [2.75, 3.05) is 47.4 Å². The number of ether oxygens (including phenoxy) is 1. The lowest BCUT2D eigenvalue weighted by atomic mass is 10.2. The second-order valence-corrected chi connectivity index (χ2v) is 6.26. The molecule has 1 heterocycles. The number of hydrogen-bond donors (Lipinski definition) is 2. The quantitative estimate of drug-likeness (QED) is 0.225. The molecule has 0 bridgehead atoms. The van der Waals surface area contributed by atoms with Gasteiger partial charge in [0.2, 0.25) is 0 Å². The molecule has 0 unspecified atom stereocenters. The van der Waals surface area contributed by atoms with Crippen LogP contribution in [0.2, 0.25) is 0 Å². The van der Waals surface area contributed by atoms with Crippen LogP contribution in [0, 0.1) is 5.82 Å². The third-order valence-electron chi connectivity index (χ3n) is 4.15. The van der Waals surface area contributed by atoms with Gasteiger partial charge >= 0.3 is 0 Å². The first-order chi connectivity index (χ1) is 13.1. The molecule has 0 saturated carbocycles. The normalized spacial score (nSPS) is 11.4. The van der Waals surface area contributed by atoms with E-state index >= 15 is 0 Å². The monoisotopic (exact) mass is 504 g/mol. The zero-order chi connectivity index (χ0) is 19.5. The standard InChI is InChI=1S/C19H29FN6O.HI/c1-21-19(23-8-10-25(2)9-4-12-27-3)24-14-16-5-6-18(17(20)13-16)26-11-7-22-15-26;/h5-7,11,13,15H,4,8-10,12,14H2,1-3H3,(H2,21,23,24);1H. The Hall–Kier alpha value is -1.72. The molecule has 0 saturated heterocycles. The van der Waals surface area contributed by atoms with Crippen LogP contribution in [0.4, 0.5) is 4.39 Å². The van der Waals surface area contributed by atoms with E-state index in [0.29, 0.717) is 18.2 Å². The lowest BCUT2D eigenvalue weighted by Crippen LogP contribution is -2.40. The fraction of sp³-hybridized carbons (Fsp3) is 0.474. The number of rotatable bonds is 10. The van der Waals surface area contributed by atoms with E-state index in [0.717, 1.165) is 38.2 Å². The molecule has 1 aromatic carbocycles. The zero-order valence-corrected chi connectivity index (χ0v) is 19.0. The van der Waals surface area contributed by atoms with Gasteiger partial charge < -0.3 is 24.8 Å². The first-order valence-electron chi connectivity index (χ1n) is 9.02. The fourth-order valence-corrected chi connectivity index (χ4v) is 2.63. The molecule has 0 radical (unpaired) electrons. The van der Waals surface area contributed by atoms with Gasteiger partial charge in [-0.2, -0.15) is 0 Å². The fourth-order valence-electron chi connectivity index (χ4n) is 2.63. The maximum absolute atomic E-state index is 14.3. The van der Waals surface area contributed by atoms with E-state index in [9.17, 15) is 4.39 Å². The highest BCUT2D eigenvalue weighted by Crippen LogP contribution is 2.14. The molecule has 9 heteroatoms. The van der Waals surface area contributed by atoms with Gasteiger partial charge in [-0.1, -0.05) is 6.07 Å². The van der Waals surface area contributed by atoms with E-state index in [-0.39, 0.29) is 29.8 Å². The van der Waals surface area contributed by atoms with Crippen LogP contribution in [0.1, 0.15) is 12.0 Å². The van der Waals surface area contributed by atoms with Crippen LogP contribution in [0.5, 0.6) is 0 Å².